The zero-order chi connectivity index (χ0) is 21.3. The van der Waals surface area contributed by atoms with Crippen molar-refractivity contribution >= 4 is 28.7 Å². The SMILES string of the molecule is CCCCC(=O)C1=C(N2CCCC(C)(C)C2)O/C(=C\c2c[nH]c3ncccc23)C1=O. The van der Waals surface area contributed by atoms with E-state index >= 15 is 0 Å². The van der Waals surface area contributed by atoms with Crippen LogP contribution in [0.5, 0.6) is 0 Å². The van der Waals surface area contributed by atoms with Crippen molar-refractivity contribution in [2.24, 2.45) is 5.41 Å². The van der Waals surface area contributed by atoms with Crippen LogP contribution in [0.2, 0.25) is 0 Å². The molecule has 1 N–H and O–H groups in total. The smallest absolute Gasteiger partial charge is 0.237 e. The molecule has 0 radical (unpaired) electrons. The Morgan fingerprint density at radius 3 is 3.00 bits per heavy atom. The van der Waals surface area contributed by atoms with E-state index in [9.17, 15) is 9.59 Å². The van der Waals surface area contributed by atoms with Gasteiger partial charge in [-0.05, 0) is 42.9 Å². The number of unbranched alkanes of at least 4 members (excludes halogenated alkanes) is 1. The molecule has 1 saturated heterocycles. The fourth-order valence-electron chi connectivity index (χ4n) is 4.28. The van der Waals surface area contributed by atoms with Crippen LogP contribution in [0.4, 0.5) is 0 Å². The van der Waals surface area contributed by atoms with E-state index in [1.54, 1.807) is 12.3 Å². The number of pyridine rings is 1. The Morgan fingerprint density at radius 1 is 1.40 bits per heavy atom. The molecule has 0 unspecified atom stereocenters. The number of likely N-dealkylation sites (tertiary alicyclic amines) is 1. The van der Waals surface area contributed by atoms with E-state index < -0.39 is 0 Å². The van der Waals surface area contributed by atoms with Gasteiger partial charge in [0.15, 0.2) is 11.5 Å². The molecule has 0 amide bonds. The van der Waals surface area contributed by atoms with E-state index in [0.717, 1.165) is 55.4 Å². The number of hydrogen-bond donors (Lipinski definition) is 1. The third-order valence-corrected chi connectivity index (χ3v) is 5.86. The number of carbonyl (C=O) groups is 2. The molecule has 0 aromatic carbocycles. The largest absolute Gasteiger partial charge is 0.436 e. The molecule has 6 heteroatoms. The summed E-state index contributed by atoms with van der Waals surface area (Å²) in [6, 6.07) is 3.80. The minimum atomic E-state index is -0.312. The molecule has 0 spiro atoms. The minimum absolute atomic E-state index is 0.115. The second-order valence-electron chi connectivity index (χ2n) is 8.98. The number of carbonyl (C=O) groups excluding carboxylic acids is 2. The summed E-state index contributed by atoms with van der Waals surface area (Å²) < 4.78 is 6.10. The normalized spacial score (nSPS) is 20.3. The highest BCUT2D eigenvalue weighted by atomic mass is 16.5. The van der Waals surface area contributed by atoms with Crippen molar-refractivity contribution < 1.29 is 14.3 Å². The van der Waals surface area contributed by atoms with Crippen LogP contribution in [-0.4, -0.2) is 39.5 Å². The molecule has 1 fully saturated rings. The lowest BCUT2D eigenvalue weighted by Gasteiger charge is -2.39. The highest BCUT2D eigenvalue weighted by molar-refractivity contribution is 6.28. The van der Waals surface area contributed by atoms with Gasteiger partial charge in [0.25, 0.3) is 0 Å². The van der Waals surface area contributed by atoms with Gasteiger partial charge in [-0.3, -0.25) is 9.59 Å². The van der Waals surface area contributed by atoms with E-state index in [2.05, 4.69) is 28.7 Å². The van der Waals surface area contributed by atoms with Gasteiger partial charge in [-0.15, -0.1) is 0 Å². The summed E-state index contributed by atoms with van der Waals surface area (Å²) in [5.74, 6) is 0.216. The molecule has 4 heterocycles. The van der Waals surface area contributed by atoms with Crippen LogP contribution in [0.25, 0.3) is 17.1 Å². The average Bonchev–Trinajstić information content (AvgIpc) is 3.27. The lowest BCUT2D eigenvalue weighted by Crippen LogP contribution is -2.40. The summed E-state index contributed by atoms with van der Waals surface area (Å²) in [5.41, 5.74) is 1.90. The second kappa shape index (κ2) is 8.09. The lowest BCUT2D eigenvalue weighted by atomic mass is 9.84. The van der Waals surface area contributed by atoms with Gasteiger partial charge < -0.3 is 14.6 Å². The minimum Gasteiger partial charge on any atom is -0.436 e. The summed E-state index contributed by atoms with van der Waals surface area (Å²) in [4.78, 5) is 35.7. The van der Waals surface area contributed by atoms with Crippen molar-refractivity contribution in [3.8, 4) is 0 Å². The van der Waals surface area contributed by atoms with Crippen LogP contribution < -0.4 is 0 Å². The molecule has 0 aliphatic carbocycles. The number of H-pyrrole nitrogens is 1. The first kappa shape index (κ1) is 20.4. The number of nitrogens with one attached hydrogen (secondary N) is 1. The van der Waals surface area contributed by atoms with Crippen LogP contribution in [0, 0.1) is 5.41 Å². The molecule has 2 aliphatic rings. The van der Waals surface area contributed by atoms with Gasteiger partial charge in [0.1, 0.15) is 11.2 Å². The van der Waals surface area contributed by atoms with E-state index in [1.807, 2.05) is 25.3 Å². The molecule has 2 aromatic rings. The predicted octanol–water partition coefficient (Wildman–Crippen LogP) is 4.60. The number of hydrogen-bond acceptors (Lipinski definition) is 5. The number of nitrogens with zero attached hydrogens (tertiary/aromatic N) is 2. The van der Waals surface area contributed by atoms with E-state index in [-0.39, 0.29) is 28.3 Å². The van der Waals surface area contributed by atoms with Crippen LogP contribution in [0.15, 0.2) is 41.7 Å². The van der Waals surface area contributed by atoms with Crippen LogP contribution >= 0.6 is 0 Å². The molecule has 0 bridgehead atoms. The molecule has 0 atom stereocenters. The summed E-state index contributed by atoms with van der Waals surface area (Å²) in [7, 11) is 0. The van der Waals surface area contributed by atoms with Gasteiger partial charge in [-0.1, -0.05) is 27.2 Å². The van der Waals surface area contributed by atoms with Gasteiger partial charge in [-0.2, -0.15) is 0 Å². The topological polar surface area (TPSA) is 75.3 Å². The Labute approximate surface area is 177 Å². The Morgan fingerprint density at radius 2 is 2.23 bits per heavy atom. The summed E-state index contributed by atoms with van der Waals surface area (Å²) in [6.45, 7) is 8.03. The monoisotopic (exact) mass is 407 g/mol. The molecular formula is C24H29N3O3. The summed E-state index contributed by atoms with van der Waals surface area (Å²) >= 11 is 0. The quantitative estimate of drug-likeness (QED) is 0.560. The van der Waals surface area contributed by atoms with Crippen molar-refractivity contribution in [3.05, 3.63) is 47.3 Å². The maximum Gasteiger partial charge on any atom is 0.237 e. The van der Waals surface area contributed by atoms with Gasteiger partial charge in [-0.25, -0.2) is 4.98 Å². The number of ether oxygens (including phenoxy) is 1. The molecule has 0 saturated carbocycles. The Kier molecular flexibility index (Phi) is 5.50. The zero-order valence-corrected chi connectivity index (χ0v) is 18.0. The van der Waals surface area contributed by atoms with E-state index in [1.165, 1.54) is 0 Å². The molecule has 2 aromatic heterocycles. The van der Waals surface area contributed by atoms with Gasteiger partial charge in [0.05, 0.1) is 0 Å². The first-order valence-corrected chi connectivity index (χ1v) is 10.8. The van der Waals surface area contributed by atoms with Crippen molar-refractivity contribution in [2.45, 2.75) is 52.9 Å². The van der Waals surface area contributed by atoms with Crippen LogP contribution in [0.1, 0.15) is 58.4 Å². The first-order valence-electron chi connectivity index (χ1n) is 10.8. The number of aromatic nitrogens is 2. The van der Waals surface area contributed by atoms with Gasteiger partial charge >= 0.3 is 0 Å². The fraction of sp³-hybridized carbons (Fsp3) is 0.458. The Balaban J connectivity index is 1.70. The molecule has 2 aliphatic heterocycles. The number of aromatic amines is 1. The van der Waals surface area contributed by atoms with E-state index in [0.29, 0.717) is 12.3 Å². The Hall–Kier alpha value is -2.89. The third kappa shape index (κ3) is 3.91. The van der Waals surface area contributed by atoms with Crippen LogP contribution in [0.3, 0.4) is 0 Å². The number of allylic oxidation sites excluding steroid dienone is 1. The van der Waals surface area contributed by atoms with Crippen LogP contribution in [-0.2, 0) is 14.3 Å². The lowest BCUT2D eigenvalue weighted by molar-refractivity contribution is -0.119. The number of Topliss-reactive ketones (excluding diaryl/α,β-unsaturated/α-hetero) is 2. The molecule has 30 heavy (non-hydrogen) atoms. The van der Waals surface area contributed by atoms with Gasteiger partial charge in [0.2, 0.25) is 11.7 Å². The third-order valence-electron chi connectivity index (χ3n) is 5.86. The zero-order valence-electron chi connectivity index (χ0n) is 18.0. The molecule has 6 nitrogen and oxygen atoms in total. The molecular weight excluding hydrogens is 378 g/mol. The number of rotatable bonds is 6. The molecule has 158 valence electrons. The second-order valence-corrected chi connectivity index (χ2v) is 8.98. The van der Waals surface area contributed by atoms with Crippen molar-refractivity contribution in [2.75, 3.05) is 13.1 Å². The Bertz CT molecular complexity index is 1040. The standard InChI is InChI=1S/C24H29N3O3/c1-4-5-9-18(28)20-21(29)19(13-16-14-26-22-17(16)8-6-11-25-22)30-23(20)27-12-7-10-24(2,3)15-27/h6,8,11,13-14H,4-5,7,9-10,12,15H2,1-3H3,(H,25,26)/b19-13-. The first-order chi connectivity index (χ1) is 14.4. The predicted molar refractivity (Wildman–Crippen MR) is 116 cm³/mol. The van der Waals surface area contributed by atoms with Crippen molar-refractivity contribution in [3.63, 3.8) is 0 Å². The van der Waals surface area contributed by atoms with E-state index in [4.69, 9.17) is 4.74 Å². The highest BCUT2D eigenvalue weighted by Crippen LogP contribution is 2.37. The fourth-order valence-corrected chi connectivity index (χ4v) is 4.28. The highest BCUT2D eigenvalue weighted by Gasteiger charge is 2.40. The molecule has 4 rings (SSSR count). The average molecular weight is 408 g/mol. The van der Waals surface area contributed by atoms with Crippen molar-refractivity contribution in [1.29, 1.82) is 0 Å². The number of piperidine rings is 1. The van der Waals surface area contributed by atoms with Crippen molar-refractivity contribution in [1.82, 2.24) is 14.9 Å². The summed E-state index contributed by atoms with van der Waals surface area (Å²) in [5, 5.41) is 0.910. The number of ketones is 2. The maximum absolute atomic E-state index is 13.3. The maximum atomic E-state index is 13.3. The number of fused-ring (bicyclic) bond motifs is 1. The van der Waals surface area contributed by atoms with Gasteiger partial charge in [0, 0.05) is 42.9 Å². The summed E-state index contributed by atoms with van der Waals surface area (Å²) in [6.07, 6.45) is 9.42.